The summed E-state index contributed by atoms with van der Waals surface area (Å²) in [4.78, 5) is 27.5. The lowest BCUT2D eigenvalue weighted by molar-refractivity contribution is -0.384. The van der Waals surface area contributed by atoms with Crippen molar-refractivity contribution in [1.29, 1.82) is 0 Å². The number of non-ortho nitro benzene ring substituents is 1. The van der Waals surface area contributed by atoms with Crippen LogP contribution in [-0.4, -0.2) is 14.5 Å². The summed E-state index contributed by atoms with van der Waals surface area (Å²) in [6, 6.07) is 11.5. The molecule has 2 aromatic carbocycles. The number of benzene rings is 2. The molecule has 0 aliphatic heterocycles. The number of hydrogen-bond acceptors (Lipinski definition) is 4. The highest BCUT2D eigenvalue weighted by atomic mass is 35.5. The lowest BCUT2D eigenvalue weighted by Gasteiger charge is -2.12. The minimum absolute atomic E-state index is 0.0267. The Labute approximate surface area is 147 Å². The molecule has 4 rings (SSSR count). The third kappa shape index (κ3) is 3.00. The van der Waals surface area contributed by atoms with Crippen LogP contribution in [0.2, 0.25) is 5.02 Å². The lowest BCUT2D eigenvalue weighted by Crippen LogP contribution is -2.25. The van der Waals surface area contributed by atoms with Crippen LogP contribution in [-0.2, 0) is 6.54 Å². The van der Waals surface area contributed by atoms with Gasteiger partial charge in [0.15, 0.2) is 0 Å². The molecule has 1 saturated carbocycles. The molecular weight excluding hydrogens is 342 g/mol. The van der Waals surface area contributed by atoms with Crippen LogP contribution in [0.15, 0.2) is 47.3 Å². The molecular formula is C18H14ClN3O3. The van der Waals surface area contributed by atoms with E-state index in [4.69, 9.17) is 11.6 Å². The van der Waals surface area contributed by atoms with Crippen LogP contribution in [0.25, 0.3) is 22.2 Å². The van der Waals surface area contributed by atoms with Crippen molar-refractivity contribution in [2.45, 2.75) is 19.4 Å². The van der Waals surface area contributed by atoms with Crippen molar-refractivity contribution in [3.05, 3.63) is 68.1 Å². The number of fused-ring (bicyclic) bond motifs is 1. The number of nitrogens with zero attached hydrogens (tertiary/aromatic N) is 3. The first-order valence-corrected chi connectivity index (χ1v) is 8.35. The van der Waals surface area contributed by atoms with E-state index in [0.29, 0.717) is 39.6 Å². The molecule has 0 bridgehead atoms. The van der Waals surface area contributed by atoms with Gasteiger partial charge in [-0.2, -0.15) is 4.98 Å². The van der Waals surface area contributed by atoms with Crippen LogP contribution in [0.3, 0.4) is 0 Å². The second-order valence-electron chi connectivity index (χ2n) is 6.26. The van der Waals surface area contributed by atoms with Crippen molar-refractivity contribution in [2.75, 3.05) is 0 Å². The molecule has 3 aromatic rings. The van der Waals surface area contributed by atoms with E-state index in [1.807, 2.05) is 0 Å². The van der Waals surface area contributed by atoms with Gasteiger partial charge in [-0.3, -0.25) is 14.7 Å². The molecule has 0 atom stereocenters. The zero-order valence-electron chi connectivity index (χ0n) is 13.2. The fourth-order valence-electron chi connectivity index (χ4n) is 2.94. The number of nitro benzene ring substituents is 1. The Kier molecular flexibility index (Phi) is 3.77. The first-order valence-electron chi connectivity index (χ1n) is 7.98. The van der Waals surface area contributed by atoms with E-state index in [2.05, 4.69) is 4.98 Å². The first-order chi connectivity index (χ1) is 12.0. The summed E-state index contributed by atoms with van der Waals surface area (Å²) in [5.74, 6) is 0.485. The van der Waals surface area contributed by atoms with Gasteiger partial charge in [0.25, 0.3) is 5.69 Å². The molecule has 1 fully saturated rings. The summed E-state index contributed by atoms with van der Waals surface area (Å²) >= 11 is 5.93. The average molecular weight is 356 g/mol. The van der Waals surface area contributed by atoms with Crippen LogP contribution in [0, 0.1) is 16.0 Å². The molecule has 1 aromatic heterocycles. The van der Waals surface area contributed by atoms with Crippen molar-refractivity contribution >= 4 is 28.2 Å². The predicted molar refractivity (Wildman–Crippen MR) is 95.8 cm³/mol. The van der Waals surface area contributed by atoms with Gasteiger partial charge in [0.05, 0.1) is 16.1 Å². The molecule has 1 heterocycles. The Balaban J connectivity index is 2.00. The maximum absolute atomic E-state index is 12.6. The summed E-state index contributed by atoms with van der Waals surface area (Å²) < 4.78 is 1.62. The molecule has 1 aliphatic rings. The molecule has 0 amide bonds. The highest BCUT2D eigenvalue weighted by molar-refractivity contribution is 6.30. The van der Waals surface area contributed by atoms with E-state index in [1.165, 1.54) is 12.1 Å². The van der Waals surface area contributed by atoms with Gasteiger partial charge in [-0.15, -0.1) is 0 Å². The van der Waals surface area contributed by atoms with Gasteiger partial charge in [0.1, 0.15) is 0 Å². The van der Waals surface area contributed by atoms with Gasteiger partial charge in [-0.05, 0) is 37.0 Å². The Bertz CT molecular complexity index is 1040. The Morgan fingerprint density at radius 1 is 1.20 bits per heavy atom. The van der Waals surface area contributed by atoms with Crippen molar-refractivity contribution < 1.29 is 4.92 Å². The van der Waals surface area contributed by atoms with Gasteiger partial charge in [-0.25, -0.2) is 4.79 Å². The predicted octanol–water partition coefficient (Wildman–Crippen LogP) is 4.04. The standard InChI is InChI=1S/C18H14ClN3O3/c19-13-5-3-12(4-6-13)17-15-9-14(22(24)25)7-8-16(15)21(18(23)20-17)10-11-1-2-11/h3-9,11H,1-2,10H2. The number of hydrogen-bond donors (Lipinski definition) is 0. The minimum Gasteiger partial charge on any atom is -0.292 e. The van der Waals surface area contributed by atoms with Crippen LogP contribution < -0.4 is 5.69 Å². The molecule has 0 saturated heterocycles. The van der Waals surface area contributed by atoms with Crippen molar-refractivity contribution in [3.63, 3.8) is 0 Å². The molecule has 0 N–H and O–H groups in total. The van der Waals surface area contributed by atoms with Crippen LogP contribution in [0.4, 0.5) is 5.69 Å². The normalized spacial score (nSPS) is 14.0. The van der Waals surface area contributed by atoms with E-state index in [-0.39, 0.29) is 11.4 Å². The summed E-state index contributed by atoms with van der Waals surface area (Å²) in [6.07, 6.45) is 2.19. The van der Waals surface area contributed by atoms with Crippen LogP contribution >= 0.6 is 11.6 Å². The van der Waals surface area contributed by atoms with Crippen molar-refractivity contribution in [3.8, 4) is 11.3 Å². The van der Waals surface area contributed by atoms with Gasteiger partial charge in [0.2, 0.25) is 0 Å². The topological polar surface area (TPSA) is 78.0 Å². The van der Waals surface area contributed by atoms with Crippen LogP contribution in [0.1, 0.15) is 12.8 Å². The summed E-state index contributed by atoms with van der Waals surface area (Å²) in [6.45, 7) is 0.598. The summed E-state index contributed by atoms with van der Waals surface area (Å²) in [5.41, 5.74) is 1.44. The van der Waals surface area contributed by atoms with E-state index >= 15 is 0 Å². The molecule has 0 radical (unpaired) electrons. The summed E-state index contributed by atoms with van der Waals surface area (Å²) in [7, 11) is 0. The average Bonchev–Trinajstić information content (AvgIpc) is 3.41. The van der Waals surface area contributed by atoms with Gasteiger partial charge in [0, 0.05) is 34.6 Å². The maximum Gasteiger partial charge on any atom is 0.348 e. The highest BCUT2D eigenvalue weighted by Gasteiger charge is 2.24. The lowest BCUT2D eigenvalue weighted by atomic mass is 10.1. The molecule has 25 heavy (non-hydrogen) atoms. The summed E-state index contributed by atoms with van der Waals surface area (Å²) in [5, 5.41) is 12.3. The molecule has 0 spiro atoms. The van der Waals surface area contributed by atoms with Gasteiger partial charge >= 0.3 is 5.69 Å². The van der Waals surface area contributed by atoms with E-state index < -0.39 is 4.92 Å². The Hall–Kier alpha value is -2.73. The molecule has 6 nitrogen and oxygen atoms in total. The third-order valence-electron chi connectivity index (χ3n) is 4.43. The Morgan fingerprint density at radius 3 is 2.56 bits per heavy atom. The van der Waals surface area contributed by atoms with E-state index in [1.54, 1.807) is 34.9 Å². The monoisotopic (exact) mass is 355 g/mol. The molecule has 0 unspecified atom stereocenters. The minimum atomic E-state index is -0.443. The molecule has 126 valence electrons. The second kappa shape index (κ2) is 5.97. The highest BCUT2D eigenvalue weighted by Crippen LogP contribution is 2.33. The maximum atomic E-state index is 12.6. The number of nitro groups is 1. The second-order valence-corrected chi connectivity index (χ2v) is 6.70. The first kappa shape index (κ1) is 15.8. The van der Waals surface area contributed by atoms with Gasteiger partial charge in [-0.1, -0.05) is 23.7 Å². The van der Waals surface area contributed by atoms with Crippen molar-refractivity contribution in [2.24, 2.45) is 5.92 Å². The van der Waals surface area contributed by atoms with Crippen LogP contribution in [0.5, 0.6) is 0 Å². The van der Waals surface area contributed by atoms with E-state index in [0.717, 1.165) is 12.8 Å². The molecule has 7 heteroatoms. The van der Waals surface area contributed by atoms with Gasteiger partial charge < -0.3 is 0 Å². The van der Waals surface area contributed by atoms with Crippen molar-refractivity contribution in [1.82, 2.24) is 9.55 Å². The Morgan fingerprint density at radius 2 is 1.92 bits per heavy atom. The fourth-order valence-corrected chi connectivity index (χ4v) is 3.07. The number of aromatic nitrogens is 2. The third-order valence-corrected chi connectivity index (χ3v) is 4.68. The largest absolute Gasteiger partial charge is 0.348 e. The quantitative estimate of drug-likeness (QED) is 0.522. The van der Waals surface area contributed by atoms with E-state index in [9.17, 15) is 14.9 Å². The number of rotatable bonds is 4. The smallest absolute Gasteiger partial charge is 0.292 e. The zero-order chi connectivity index (χ0) is 17.6. The molecule has 1 aliphatic carbocycles. The fraction of sp³-hybridized carbons (Fsp3) is 0.222. The number of halogens is 1. The zero-order valence-corrected chi connectivity index (χ0v) is 13.9. The SMILES string of the molecule is O=c1nc(-c2ccc(Cl)cc2)c2cc([N+](=O)[O-])ccc2n1CC1CC1.